The van der Waals surface area contributed by atoms with Crippen LogP contribution in [0.5, 0.6) is 0 Å². The Morgan fingerprint density at radius 1 is 1.19 bits per heavy atom. The number of hydrogen-bond donors (Lipinski definition) is 2. The van der Waals surface area contributed by atoms with E-state index in [0.29, 0.717) is 16.8 Å². The van der Waals surface area contributed by atoms with Crippen molar-refractivity contribution in [1.82, 2.24) is 4.98 Å². The minimum Gasteiger partial charge on any atom is -0.322 e. The molecular weight excluding hydrogens is 290 g/mol. The van der Waals surface area contributed by atoms with Crippen molar-refractivity contribution in [3.05, 3.63) is 53.3 Å². The van der Waals surface area contributed by atoms with Crippen molar-refractivity contribution < 1.29 is 13.2 Å². The van der Waals surface area contributed by atoms with E-state index in [2.05, 4.69) is 10.3 Å². The summed E-state index contributed by atoms with van der Waals surface area (Å²) in [5, 5.41) is 7.79. The van der Waals surface area contributed by atoms with Crippen LogP contribution in [0.15, 0.2) is 41.4 Å². The second-order valence-electron chi connectivity index (χ2n) is 4.66. The van der Waals surface area contributed by atoms with Crippen LogP contribution in [0.2, 0.25) is 0 Å². The number of aromatic nitrogens is 1. The first-order valence-electron chi connectivity index (χ1n) is 6.15. The maximum absolute atomic E-state index is 12.1. The lowest BCUT2D eigenvalue weighted by atomic mass is 10.1. The number of sulfonamides is 1. The molecule has 21 heavy (non-hydrogen) atoms. The van der Waals surface area contributed by atoms with Gasteiger partial charge < -0.3 is 5.32 Å². The van der Waals surface area contributed by atoms with Crippen molar-refractivity contribution in [3.8, 4) is 0 Å². The van der Waals surface area contributed by atoms with Crippen LogP contribution in [0.25, 0.3) is 0 Å². The van der Waals surface area contributed by atoms with E-state index in [4.69, 9.17) is 5.14 Å². The topological polar surface area (TPSA) is 102 Å². The zero-order chi connectivity index (χ0) is 15.6. The zero-order valence-electron chi connectivity index (χ0n) is 11.6. The number of nitrogens with one attached hydrogen (secondary N) is 1. The van der Waals surface area contributed by atoms with Crippen LogP contribution in [0.1, 0.15) is 21.6 Å². The molecule has 7 heteroatoms. The number of benzene rings is 1. The van der Waals surface area contributed by atoms with Crippen molar-refractivity contribution in [2.24, 2.45) is 5.14 Å². The molecule has 0 spiro atoms. The van der Waals surface area contributed by atoms with Crippen LogP contribution in [-0.4, -0.2) is 19.3 Å². The predicted octanol–water partition coefficient (Wildman–Crippen LogP) is 1.60. The maximum atomic E-state index is 12.1. The lowest BCUT2D eigenvalue weighted by Gasteiger charge is -2.10. The summed E-state index contributed by atoms with van der Waals surface area (Å²) in [6.07, 6.45) is 1.56. The molecule has 2 aromatic rings. The third-order valence-electron chi connectivity index (χ3n) is 2.93. The molecule has 3 N–H and O–H groups in total. The van der Waals surface area contributed by atoms with E-state index >= 15 is 0 Å². The van der Waals surface area contributed by atoms with Gasteiger partial charge in [-0.3, -0.25) is 9.78 Å². The molecule has 2 rings (SSSR count). The van der Waals surface area contributed by atoms with Crippen molar-refractivity contribution in [2.45, 2.75) is 18.7 Å². The van der Waals surface area contributed by atoms with Crippen LogP contribution in [-0.2, 0) is 10.0 Å². The lowest BCUT2D eigenvalue weighted by molar-refractivity contribution is 0.102. The molecule has 0 bridgehead atoms. The smallest absolute Gasteiger partial charge is 0.255 e. The van der Waals surface area contributed by atoms with Gasteiger partial charge in [-0.2, -0.15) is 0 Å². The minimum absolute atomic E-state index is 0.0118. The molecule has 0 saturated carbocycles. The molecular formula is C14H15N3O3S. The number of amides is 1. The normalized spacial score (nSPS) is 11.2. The number of anilines is 1. The summed E-state index contributed by atoms with van der Waals surface area (Å²) in [5.41, 5.74) is 2.36. The van der Waals surface area contributed by atoms with E-state index in [1.165, 1.54) is 18.2 Å². The standard InChI is InChI=1S/C14H15N3O3S/c1-9-7-12(21(15,19)20)3-4-13(9)17-14(18)11-5-6-16-10(2)8-11/h3-8H,1-2H3,(H,17,18)(H2,15,19,20). The SMILES string of the molecule is Cc1cc(C(=O)Nc2ccc(S(N)(=O)=O)cc2C)ccn1. The van der Waals surface area contributed by atoms with Crippen LogP contribution in [0, 0.1) is 13.8 Å². The Balaban J connectivity index is 2.26. The monoisotopic (exact) mass is 305 g/mol. The Kier molecular flexibility index (Phi) is 4.06. The van der Waals surface area contributed by atoms with E-state index in [-0.39, 0.29) is 10.8 Å². The van der Waals surface area contributed by atoms with Gasteiger partial charge in [0.2, 0.25) is 10.0 Å². The van der Waals surface area contributed by atoms with Gasteiger partial charge >= 0.3 is 0 Å². The molecule has 0 radical (unpaired) electrons. The summed E-state index contributed by atoms with van der Waals surface area (Å²) >= 11 is 0. The van der Waals surface area contributed by atoms with E-state index < -0.39 is 10.0 Å². The lowest BCUT2D eigenvalue weighted by Crippen LogP contribution is -2.15. The quantitative estimate of drug-likeness (QED) is 0.899. The van der Waals surface area contributed by atoms with Crippen molar-refractivity contribution in [2.75, 3.05) is 5.32 Å². The van der Waals surface area contributed by atoms with Crippen LogP contribution >= 0.6 is 0 Å². The highest BCUT2D eigenvalue weighted by Crippen LogP contribution is 2.19. The zero-order valence-corrected chi connectivity index (χ0v) is 12.4. The number of nitrogens with zero attached hydrogens (tertiary/aromatic N) is 1. The summed E-state index contributed by atoms with van der Waals surface area (Å²) in [6.45, 7) is 3.49. The fourth-order valence-electron chi connectivity index (χ4n) is 1.83. The van der Waals surface area contributed by atoms with Gasteiger partial charge in [0.15, 0.2) is 0 Å². The Morgan fingerprint density at radius 2 is 1.90 bits per heavy atom. The van der Waals surface area contributed by atoms with E-state index in [1.54, 1.807) is 32.2 Å². The Hall–Kier alpha value is -2.25. The molecule has 1 heterocycles. The van der Waals surface area contributed by atoms with E-state index in [9.17, 15) is 13.2 Å². The van der Waals surface area contributed by atoms with Crippen molar-refractivity contribution >= 4 is 21.6 Å². The van der Waals surface area contributed by atoms with Crippen LogP contribution in [0.4, 0.5) is 5.69 Å². The van der Waals surface area contributed by atoms with Gasteiger partial charge in [0.05, 0.1) is 4.90 Å². The predicted molar refractivity (Wildman–Crippen MR) is 79.5 cm³/mol. The number of rotatable bonds is 3. The number of hydrogen-bond acceptors (Lipinski definition) is 4. The molecule has 0 aliphatic heterocycles. The summed E-state index contributed by atoms with van der Waals surface area (Å²) < 4.78 is 22.5. The molecule has 6 nitrogen and oxygen atoms in total. The number of nitrogens with two attached hydrogens (primary N) is 1. The third-order valence-corrected chi connectivity index (χ3v) is 3.84. The van der Waals surface area contributed by atoms with Gasteiger partial charge in [0.25, 0.3) is 5.91 Å². The molecule has 1 aromatic carbocycles. The second-order valence-corrected chi connectivity index (χ2v) is 6.22. The number of primary sulfonamides is 1. The highest BCUT2D eigenvalue weighted by molar-refractivity contribution is 7.89. The molecule has 1 aromatic heterocycles. The molecule has 0 aliphatic rings. The van der Waals surface area contributed by atoms with Crippen LogP contribution in [0.3, 0.4) is 0 Å². The number of aryl methyl sites for hydroxylation is 2. The highest BCUT2D eigenvalue weighted by Gasteiger charge is 2.12. The van der Waals surface area contributed by atoms with Gasteiger partial charge in [-0.15, -0.1) is 0 Å². The molecule has 0 atom stereocenters. The van der Waals surface area contributed by atoms with Crippen molar-refractivity contribution in [1.29, 1.82) is 0 Å². The number of carbonyl (C=O) groups excluding carboxylic acids is 1. The first-order chi connectivity index (χ1) is 9.77. The Labute approximate surface area is 123 Å². The molecule has 110 valence electrons. The van der Waals surface area contributed by atoms with Gasteiger partial charge in [-0.05, 0) is 49.7 Å². The Morgan fingerprint density at radius 3 is 2.48 bits per heavy atom. The molecule has 0 unspecified atom stereocenters. The van der Waals surface area contributed by atoms with Gasteiger partial charge in [-0.25, -0.2) is 13.6 Å². The second kappa shape index (κ2) is 5.63. The van der Waals surface area contributed by atoms with E-state index in [0.717, 1.165) is 5.69 Å². The van der Waals surface area contributed by atoms with Gasteiger partial charge in [0.1, 0.15) is 0 Å². The summed E-state index contributed by atoms with van der Waals surface area (Å²) in [4.78, 5) is 16.2. The summed E-state index contributed by atoms with van der Waals surface area (Å²) in [7, 11) is -3.75. The summed E-state index contributed by atoms with van der Waals surface area (Å²) in [5.74, 6) is -0.285. The van der Waals surface area contributed by atoms with Crippen LogP contribution < -0.4 is 10.5 Å². The molecule has 0 saturated heterocycles. The first-order valence-corrected chi connectivity index (χ1v) is 7.69. The maximum Gasteiger partial charge on any atom is 0.255 e. The highest BCUT2D eigenvalue weighted by atomic mass is 32.2. The van der Waals surface area contributed by atoms with Gasteiger partial charge in [0, 0.05) is 23.1 Å². The molecule has 0 fully saturated rings. The van der Waals surface area contributed by atoms with E-state index in [1.807, 2.05) is 0 Å². The largest absolute Gasteiger partial charge is 0.322 e. The fourth-order valence-corrected chi connectivity index (χ4v) is 2.43. The first kappa shape index (κ1) is 15.1. The average molecular weight is 305 g/mol. The number of pyridine rings is 1. The fraction of sp³-hybridized carbons (Fsp3) is 0.143. The molecule has 1 amide bonds. The van der Waals surface area contributed by atoms with Crippen molar-refractivity contribution in [3.63, 3.8) is 0 Å². The third kappa shape index (κ3) is 3.65. The molecule has 0 aliphatic carbocycles. The summed E-state index contributed by atoms with van der Waals surface area (Å²) in [6, 6.07) is 7.57. The minimum atomic E-state index is -3.75. The number of carbonyl (C=O) groups is 1. The average Bonchev–Trinajstić information content (AvgIpc) is 2.39. The Bertz CT molecular complexity index is 801. The van der Waals surface area contributed by atoms with Gasteiger partial charge in [-0.1, -0.05) is 0 Å².